The molecule has 1 atom stereocenters. The molecule has 2 heterocycles. The zero-order valence-electron chi connectivity index (χ0n) is 18.8. The van der Waals surface area contributed by atoms with Crippen LogP contribution in [0.15, 0.2) is 59.0 Å². The molecular formula is C26H25ClN3O3S+. The largest absolute Gasteiger partial charge is 0.507 e. The Morgan fingerprint density at radius 1 is 1.09 bits per heavy atom. The fraction of sp³-hybridized carbons (Fsp3) is 0.308. The molecular weight excluding hydrogens is 470 g/mol. The van der Waals surface area contributed by atoms with E-state index in [9.17, 15) is 14.4 Å². The van der Waals surface area contributed by atoms with Crippen LogP contribution in [0.4, 0.5) is 16.2 Å². The number of benzene rings is 2. The number of aryl methyl sites for hydroxylation is 1. The molecule has 34 heavy (non-hydrogen) atoms. The van der Waals surface area contributed by atoms with Gasteiger partial charge in [-0.3, -0.25) is 4.79 Å². The molecule has 0 saturated heterocycles. The van der Waals surface area contributed by atoms with Crippen molar-refractivity contribution in [3.8, 4) is 0 Å². The Morgan fingerprint density at radius 3 is 2.59 bits per heavy atom. The predicted molar refractivity (Wildman–Crippen MR) is 135 cm³/mol. The number of allylic oxidation sites excluding steroid dienone is 1. The molecule has 5 rings (SSSR count). The lowest BCUT2D eigenvalue weighted by molar-refractivity contribution is -0.414. The highest BCUT2D eigenvalue weighted by Gasteiger charge is 2.54. The van der Waals surface area contributed by atoms with Crippen molar-refractivity contribution in [1.29, 1.82) is 0 Å². The van der Waals surface area contributed by atoms with Gasteiger partial charge in [-0.1, -0.05) is 48.0 Å². The third-order valence-corrected chi connectivity index (χ3v) is 8.12. The Labute approximate surface area is 207 Å². The molecule has 1 unspecified atom stereocenters. The molecule has 1 N–H and O–H groups in total. The molecule has 4 amide bonds. The molecule has 2 aromatic rings. The highest BCUT2D eigenvalue weighted by atomic mass is 35.5. The number of urea groups is 1. The molecule has 6 nitrogen and oxygen atoms in total. The highest BCUT2D eigenvalue weighted by Crippen LogP contribution is 2.47. The summed E-state index contributed by atoms with van der Waals surface area (Å²) >= 11 is 7.55. The summed E-state index contributed by atoms with van der Waals surface area (Å²) in [5.41, 5.74) is 3.21. The highest BCUT2D eigenvalue weighted by molar-refractivity contribution is 8.17. The van der Waals surface area contributed by atoms with Crippen molar-refractivity contribution in [3.63, 3.8) is 0 Å². The van der Waals surface area contributed by atoms with Crippen molar-refractivity contribution in [2.24, 2.45) is 5.92 Å². The zero-order valence-corrected chi connectivity index (χ0v) is 20.4. The number of anilines is 2. The van der Waals surface area contributed by atoms with Gasteiger partial charge in [-0.15, -0.1) is 4.90 Å². The van der Waals surface area contributed by atoms with Crippen molar-refractivity contribution in [2.45, 2.75) is 39.0 Å². The number of fused-ring (bicyclic) bond motifs is 2. The summed E-state index contributed by atoms with van der Waals surface area (Å²) in [4.78, 5) is 42.8. The van der Waals surface area contributed by atoms with Gasteiger partial charge in [0, 0.05) is 10.7 Å². The lowest BCUT2D eigenvalue weighted by Gasteiger charge is -2.25. The Hall–Kier alpha value is -2.90. The zero-order chi connectivity index (χ0) is 23.8. The van der Waals surface area contributed by atoms with Crippen molar-refractivity contribution < 1.29 is 19.0 Å². The van der Waals surface area contributed by atoms with E-state index in [1.807, 2.05) is 31.2 Å². The van der Waals surface area contributed by atoms with Crippen LogP contribution in [-0.4, -0.2) is 34.0 Å². The number of amides is 4. The first-order valence-corrected chi connectivity index (χ1v) is 12.7. The van der Waals surface area contributed by atoms with E-state index in [4.69, 9.17) is 11.6 Å². The van der Waals surface area contributed by atoms with Crippen LogP contribution in [0.5, 0.6) is 0 Å². The molecule has 0 bridgehead atoms. The van der Waals surface area contributed by atoms with Crippen molar-refractivity contribution >= 4 is 57.6 Å². The number of thioether (sulfide) groups is 1. The fourth-order valence-corrected chi connectivity index (χ4v) is 6.35. The van der Waals surface area contributed by atoms with Gasteiger partial charge in [0.25, 0.3) is 5.91 Å². The van der Waals surface area contributed by atoms with E-state index in [-0.39, 0.29) is 18.4 Å². The van der Waals surface area contributed by atoms with Gasteiger partial charge in [0.2, 0.25) is 0 Å². The number of hydrogen-bond donors (Lipinski definition) is 1. The Bertz CT molecular complexity index is 1250. The summed E-state index contributed by atoms with van der Waals surface area (Å²) in [6.07, 6.45) is 4.98. The topological polar surface area (TPSA) is 69.5 Å². The van der Waals surface area contributed by atoms with Gasteiger partial charge in [0.05, 0.1) is 0 Å². The first-order valence-electron chi connectivity index (χ1n) is 11.5. The smallest absolute Gasteiger partial charge is 0.322 e. The van der Waals surface area contributed by atoms with Gasteiger partial charge < -0.3 is 5.32 Å². The third-order valence-electron chi connectivity index (χ3n) is 6.49. The van der Waals surface area contributed by atoms with Crippen molar-refractivity contribution in [2.75, 3.05) is 16.8 Å². The minimum absolute atomic E-state index is 0.163. The van der Waals surface area contributed by atoms with Gasteiger partial charge in [-0.05, 0) is 79.0 Å². The molecule has 3 aliphatic rings. The minimum atomic E-state index is -0.516. The van der Waals surface area contributed by atoms with Gasteiger partial charge in [-0.2, -0.15) is 9.37 Å². The number of halogens is 1. The molecule has 0 fully saturated rings. The Morgan fingerprint density at radius 2 is 1.82 bits per heavy atom. The van der Waals surface area contributed by atoms with Gasteiger partial charge in [0.1, 0.15) is 5.69 Å². The normalized spacial score (nSPS) is 20.3. The first-order chi connectivity index (χ1) is 16.4. The van der Waals surface area contributed by atoms with Gasteiger partial charge in [-0.25, -0.2) is 4.79 Å². The van der Waals surface area contributed by atoms with E-state index in [0.29, 0.717) is 21.4 Å². The van der Waals surface area contributed by atoms with Gasteiger partial charge >= 0.3 is 11.9 Å². The monoisotopic (exact) mass is 494 g/mol. The van der Waals surface area contributed by atoms with Crippen LogP contribution in [0.1, 0.15) is 37.7 Å². The van der Waals surface area contributed by atoms with Crippen LogP contribution in [-0.2, 0) is 9.59 Å². The van der Waals surface area contributed by atoms with Crippen LogP contribution in [0.2, 0.25) is 5.02 Å². The molecule has 0 radical (unpaired) electrons. The maximum atomic E-state index is 13.7. The fourth-order valence-electron chi connectivity index (χ4n) is 4.76. The number of para-hydroxylation sites is 1. The first kappa shape index (κ1) is 22.9. The van der Waals surface area contributed by atoms with Gasteiger partial charge in [0.15, 0.2) is 17.5 Å². The van der Waals surface area contributed by atoms with E-state index in [2.05, 4.69) is 5.32 Å². The van der Waals surface area contributed by atoms with E-state index >= 15 is 0 Å². The van der Waals surface area contributed by atoms with Crippen LogP contribution in [0.25, 0.3) is 0 Å². The van der Waals surface area contributed by atoms with Crippen LogP contribution in [0.3, 0.4) is 0 Å². The summed E-state index contributed by atoms with van der Waals surface area (Å²) in [7, 11) is 0. The molecule has 2 aliphatic heterocycles. The summed E-state index contributed by atoms with van der Waals surface area (Å²) < 4.78 is 1.48. The van der Waals surface area contributed by atoms with E-state index in [1.165, 1.54) is 26.1 Å². The number of carbonyl (C=O) groups is 3. The summed E-state index contributed by atoms with van der Waals surface area (Å²) in [6.45, 7) is 1.76. The SMILES string of the molecule is Cc1ccccc1NC(=O)C[N+]1=C2SC3=C(CCCCC3)C2C(=O)N(c2ccc(Cl)cc2)C1=O. The molecule has 8 heteroatoms. The second-order valence-corrected chi connectivity index (χ2v) is 10.3. The lowest BCUT2D eigenvalue weighted by Crippen LogP contribution is -2.55. The molecule has 0 spiro atoms. The Balaban J connectivity index is 1.53. The average molecular weight is 495 g/mol. The molecule has 0 saturated carbocycles. The van der Waals surface area contributed by atoms with E-state index < -0.39 is 11.9 Å². The van der Waals surface area contributed by atoms with Crippen LogP contribution >= 0.6 is 23.4 Å². The Kier molecular flexibility index (Phi) is 6.32. The van der Waals surface area contributed by atoms with Crippen LogP contribution < -0.4 is 10.2 Å². The number of carbonyl (C=O) groups excluding carboxylic acids is 3. The minimum Gasteiger partial charge on any atom is -0.322 e. The molecule has 1 aliphatic carbocycles. The number of nitrogens with zero attached hydrogens (tertiary/aromatic N) is 2. The second kappa shape index (κ2) is 9.39. The number of imide groups is 1. The summed E-state index contributed by atoms with van der Waals surface area (Å²) in [5, 5.41) is 4.09. The van der Waals surface area contributed by atoms with E-state index in [1.54, 1.807) is 24.3 Å². The summed E-state index contributed by atoms with van der Waals surface area (Å²) in [6, 6.07) is 13.6. The third kappa shape index (κ3) is 4.18. The van der Waals surface area contributed by atoms with E-state index in [0.717, 1.165) is 43.2 Å². The maximum Gasteiger partial charge on any atom is 0.507 e. The number of nitrogens with one attached hydrogen (secondary N) is 1. The standard InChI is InChI=1S/C26H24ClN3O3S/c1-16-7-5-6-9-20(16)28-22(31)15-29-25-23(19-8-3-2-4-10-21(19)34-25)24(32)30(26(29)33)18-13-11-17(27)12-14-18/h5-7,9,11-14,23H,2-4,8,10,15H2,1H3/p+1. The maximum absolute atomic E-state index is 13.7. The quantitative estimate of drug-likeness (QED) is 0.550. The second-order valence-electron chi connectivity index (χ2n) is 8.76. The van der Waals surface area contributed by atoms with Crippen molar-refractivity contribution in [1.82, 2.24) is 0 Å². The molecule has 0 aromatic heterocycles. The van der Waals surface area contributed by atoms with Crippen LogP contribution in [0, 0.1) is 12.8 Å². The number of hydrogen-bond acceptors (Lipinski definition) is 4. The van der Waals surface area contributed by atoms with Crippen molar-refractivity contribution in [3.05, 3.63) is 69.6 Å². The summed E-state index contributed by atoms with van der Waals surface area (Å²) in [5.74, 6) is -1.07. The average Bonchev–Trinajstić information content (AvgIpc) is 3.02. The lowest BCUT2D eigenvalue weighted by atomic mass is 9.93. The number of rotatable bonds is 4. The molecule has 174 valence electrons. The predicted octanol–water partition coefficient (Wildman–Crippen LogP) is 5.75. The molecule has 2 aromatic carbocycles.